The standard InChI is InChI=1S/C23H29N3O3/c27-21-7-5-18(6-8-21)14-25-15-19(17-29-22-4-3-9-24-13-22)12-20(16-25)23(28)26-10-1-2-11-26/h3-9,13,19-20,27H,1-2,10-12,14-17H2/t19-,20+/m0/s1. The lowest BCUT2D eigenvalue weighted by atomic mass is 9.88. The second-order valence-electron chi connectivity index (χ2n) is 8.19. The summed E-state index contributed by atoms with van der Waals surface area (Å²) in [5.74, 6) is 1.64. The Kier molecular flexibility index (Phi) is 6.30. The van der Waals surface area contributed by atoms with E-state index < -0.39 is 0 Å². The van der Waals surface area contributed by atoms with Crippen LogP contribution >= 0.6 is 0 Å². The average molecular weight is 396 g/mol. The van der Waals surface area contributed by atoms with Crippen LogP contribution < -0.4 is 4.74 Å². The molecule has 2 aromatic rings. The van der Waals surface area contributed by atoms with Gasteiger partial charge in [0.2, 0.25) is 5.91 Å². The van der Waals surface area contributed by atoms with Crippen LogP contribution in [-0.2, 0) is 11.3 Å². The maximum atomic E-state index is 13.1. The van der Waals surface area contributed by atoms with E-state index in [0.717, 1.165) is 63.3 Å². The number of carbonyl (C=O) groups excluding carboxylic acids is 1. The van der Waals surface area contributed by atoms with Gasteiger partial charge in [0.1, 0.15) is 11.5 Å². The summed E-state index contributed by atoms with van der Waals surface area (Å²) in [6.45, 7) is 4.81. The fourth-order valence-electron chi connectivity index (χ4n) is 4.43. The van der Waals surface area contributed by atoms with Crippen LogP contribution in [0.25, 0.3) is 0 Å². The van der Waals surface area contributed by atoms with E-state index in [1.165, 1.54) is 0 Å². The van der Waals surface area contributed by atoms with Crippen LogP contribution in [0.5, 0.6) is 11.5 Å². The molecule has 0 spiro atoms. The van der Waals surface area contributed by atoms with E-state index in [9.17, 15) is 9.90 Å². The molecule has 3 heterocycles. The van der Waals surface area contributed by atoms with Crippen molar-refractivity contribution in [3.05, 3.63) is 54.4 Å². The molecule has 0 aliphatic carbocycles. The number of amides is 1. The zero-order valence-corrected chi connectivity index (χ0v) is 16.7. The predicted molar refractivity (Wildman–Crippen MR) is 111 cm³/mol. The maximum absolute atomic E-state index is 13.1. The molecule has 0 saturated carbocycles. The molecule has 29 heavy (non-hydrogen) atoms. The molecule has 2 saturated heterocycles. The summed E-state index contributed by atoms with van der Waals surface area (Å²) in [6.07, 6.45) is 6.55. The fraction of sp³-hybridized carbons (Fsp3) is 0.478. The lowest BCUT2D eigenvalue weighted by Crippen LogP contribution is -2.47. The Morgan fingerprint density at radius 2 is 1.93 bits per heavy atom. The van der Waals surface area contributed by atoms with Crippen molar-refractivity contribution in [2.75, 3.05) is 32.8 Å². The van der Waals surface area contributed by atoms with Gasteiger partial charge in [-0.1, -0.05) is 12.1 Å². The summed E-state index contributed by atoms with van der Waals surface area (Å²) in [5.41, 5.74) is 1.14. The number of ether oxygens (including phenoxy) is 1. The van der Waals surface area contributed by atoms with Gasteiger partial charge in [0.25, 0.3) is 0 Å². The summed E-state index contributed by atoms with van der Waals surface area (Å²) >= 11 is 0. The van der Waals surface area contributed by atoms with Crippen LogP contribution in [0.1, 0.15) is 24.8 Å². The molecule has 4 rings (SSSR count). The molecule has 0 radical (unpaired) electrons. The van der Waals surface area contributed by atoms with E-state index in [2.05, 4.69) is 9.88 Å². The van der Waals surface area contributed by atoms with Crippen molar-refractivity contribution in [2.45, 2.75) is 25.8 Å². The van der Waals surface area contributed by atoms with Gasteiger partial charge < -0.3 is 14.7 Å². The number of aromatic nitrogens is 1. The second kappa shape index (κ2) is 9.27. The number of aromatic hydroxyl groups is 1. The molecule has 1 aromatic carbocycles. The first-order valence-electron chi connectivity index (χ1n) is 10.5. The lowest BCUT2D eigenvalue weighted by Gasteiger charge is -2.38. The molecule has 1 aromatic heterocycles. The van der Waals surface area contributed by atoms with Gasteiger partial charge >= 0.3 is 0 Å². The number of pyridine rings is 1. The smallest absolute Gasteiger partial charge is 0.226 e. The number of likely N-dealkylation sites (tertiary alicyclic amines) is 2. The molecule has 2 aliphatic rings. The van der Waals surface area contributed by atoms with Gasteiger partial charge in [-0.2, -0.15) is 0 Å². The summed E-state index contributed by atoms with van der Waals surface area (Å²) in [7, 11) is 0. The number of carbonyl (C=O) groups is 1. The third-order valence-corrected chi connectivity index (χ3v) is 5.84. The minimum absolute atomic E-state index is 0.0152. The van der Waals surface area contributed by atoms with Crippen LogP contribution in [0.3, 0.4) is 0 Å². The Morgan fingerprint density at radius 3 is 2.66 bits per heavy atom. The van der Waals surface area contributed by atoms with Crippen molar-refractivity contribution >= 4 is 5.91 Å². The first-order valence-corrected chi connectivity index (χ1v) is 10.5. The highest BCUT2D eigenvalue weighted by atomic mass is 16.5. The molecular formula is C23H29N3O3. The Bertz CT molecular complexity index is 791. The van der Waals surface area contributed by atoms with Gasteiger partial charge in [0, 0.05) is 44.8 Å². The molecule has 2 fully saturated rings. The number of hydrogen-bond acceptors (Lipinski definition) is 5. The predicted octanol–water partition coefficient (Wildman–Crippen LogP) is 2.93. The number of benzene rings is 1. The number of nitrogens with zero attached hydrogens (tertiary/aromatic N) is 3. The molecule has 154 valence electrons. The van der Waals surface area contributed by atoms with Crippen molar-refractivity contribution in [1.82, 2.24) is 14.8 Å². The molecule has 0 bridgehead atoms. The monoisotopic (exact) mass is 395 g/mol. The average Bonchev–Trinajstić information content (AvgIpc) is 3.29. The highest BCUT2D eigenvalue weighted by Gasteiger charge is 2.35. The van der Waals surface area contributed by atoms with E-state index >= 15 is 0 Å². The minimum Gasteiger partial charge on any atom is -0.508 e. The number of piperidine rings is 1. The summed E-state index contributed by atoms with van der Waals surface area (Å²) in [4.78, 5) is 21.6. The third-order valence-electron chi connectivity index (χ3n) is 5.84. The SMILES string of the molecule is O=C([C@@H]1C[C@H](COc2cccnc2)CN(Cc2ccc(O)cc2)C1)N1CCCC1. The summed E-state index contributed by atoms with van der Waals surface area (Å²) in [6, 6.07) is 11.1. The number of rotatable bonds is 6. The van der Waals surface area contributed by atoms with Crippen LogP contribution in [0, 0.1) is 11.8 Å². The summed E-state index contributed by atoms with van der Waals surface area (Å²) in [5, 5.41) is 9.53. The molecule has 6 heteroatoms. The van der Waals surface area contributed by atoms with Crippen LogP contribution in [0.4, 0.5) is 0 Å². The number of hydrogen-bond donors (Lipinski definition) is 1. The molecule has 6 nitrogen and oxygen atoms in total. The van der Waals surface area contributed by atoms with E-state index in [4.69, 9.17) is 4.74 Å². The van der Waals surface area contributed by atoms with Crippen LogP contribution in [0.15, 0.2) is 48.8 Å². The number of phenolic OH excluding ortho intramolecular Hbond substituents is 1. The lowest BCUT2D eigenvalue weighted by molar-refractivity contribution is -0.137. The molecule has 2 aliphatic heterocycles. The van der Waals surface area contributed by atoms with Crippen molar-refractivity contribution < 1.29 is 14.6 Å². The maximum Gasteiger partial charge on any atom is 0.226 e. The molecule has 1 N–H and O–H groups in total. The first kappa shape index (κ1) is 19.7. The van der Waals surface area contributed by atoms with Gasteiger partial charge in [-0.3, -0.25) is 14.7 Å². The van der Waals surface area contributed by atoms with Crippen LogP contribution in [0.2, 0.25) is 0 Å². The third kappa shape index (κ3) is 5.26. The van der Waals surface area contributed by atoms with Crippen molar-refractivity contribution in [3.8, 4) is 11.5 Å². The Morgan fingerprint density at radius 1 is 1.14 bits per heavy atom. The number of phenols is 1. The second-order valence-corrected chi connectivity index (χ2v) is 8.19. The van der Waals surface area contributed by atoms with Crippen LogP contribution in [-0.4, -0.2) is 58.6 Å². The van der Waals surface area contributed by atoms with Gasteiger partial charge in [-0.25, -0.2) is 0 Å². The quantitative estimate of drug-likeness (QED) is 0.815. The Labute approximate surface area is 172 Å². The topological polar surface area (TPSA) is 65.9 Å². The van der Waals surface area contributed by atoms with E-state index in [1.807, 2.05) is 29.2 Å². The van der Waals surface area contributed by atoms with Gasteiger partial charge in [-0.05, 0) is 49.1 Å². The first-order chi connectivity index (χ1) is 14.2. The molecular weight excluding hydrogens is 366 g/mol. The highest BCUT2D eigenvalue weighted by Crippen LogP contribution is 2.27. The Balaban J connectivity index is 1.43. The van der Waals surface area contributed by atoms with Crippen molar-refractivity contribution in [2.24, 2.45) is 11.8 Å². The fourth-order valence-corrected chi connectivity index (χ4v) is 4.43. The van der Waals surface area contributed by atoms with Gasteiger partial charge in [-0.15, -0.1) is 0 Å². The van der Waals surface area contributed by atoms with Gasteiger partial charge in [0.15, 0.2) is 0 Å². The molecule has 2 atom stereocenters. The van der Waals surface area contributed by atoms with E-state index in [-0.39, 0.29) is 17.6 Å². The van der Waals surface area contributed by atoms with Gasteiger partial charge in [0.05, 0.1) is 18.7 Å². The zero-order valence-electron chi connectivity index (χ0n) is 16.7. The van der Waals surface area contributed by atoms with E-state index in [0.29, 0.717) is 12.5 Å². The normalized spacial score (nSPS) is 22.6. The molecule has 1 amide bonds. The minimum atomic E-state index is 0.0152. The van der Waals surface area contributed by atoms with Crippen molar-refractivity contribution in [3.63, 3.8) is 0 Å². The summed E-state index contributed by atoms with van der Waals surface area (Å²) < 4.78 is 5.97. The Hall–Kier alpha value is -2.60. The van der Waals surface area contributed by atoms with E-state index in [1.54, 1.807) is 24.5 Å². The zero-order chi connectivity index (χ0) is 20.1. The van der Waals surface area contributed by atoms with Crippen molar-refractivity contribution in [1.29, 1.82) is 0 Å². The highest BCUT2D eigenvalue weighted by molar-refractivity contribution is 5.79. The largest absolute Gasteiger partial charge is 0.508 e. The molecule has 0 unspecified atom stereocenters.